The van der Waals surface area contributed by atoms with Crippen molar-refractivity contribution in [2.75, 3.05) is 6.61 Å². The number of para-hydroxylation sites is 1. The number of hydrogen-bond donors (Lipinski definition) is 0. The summed E-state index contributed by atoms with van der Waals surface area (Å²) in [7, 11) is 0. The van der Waals surface area contributed by atoms with Crippen molar-refractivity contribution in [1.29, 1.82) is 0 Å². The third-order valence-electron chi connectivity index (χ3n) is 6.19. The van der Waals surface area contributed by atoms with Gasteiger partial charge in [0.2, 0.25) is 0 Å². The lowest BCUT2D eigenvalue weighted by Crippen LogP contribution is -2.40. The van der Waals surface area contributed by atoms with Crippen LogP contribution in [0.1, 0.15) is 45.1 Å². The number of carbonyl (C=O) groups is 1. The number of allylic oxidation sites excluding steroid dienone is 1. The van der Waals surface area contributed by atoms with Crippen LogP contribution in [0, 0.1) is 0 Å². The van der Waals surface area contributed by atoms with Crippen LogP contribution >= 0.6 is 34.5 Å². The number of fused-ring (bicyclic) bond motifs is 1. The number of carbonyl (C=O) groups excluding carboxylic acids is 1. The third kappa shape index (κ3) is 5.39. The summed E-state index contributed by atoms with van der Waals surface area (Å²) >= 11 is 13.7. The summed E-state index contributed by atoms with van der Waals surface area (Å²) < 4.78 is 19.4. The highest BCUT2D eigenvalue weighted by atomic mass is 35.5. The highest BCUT2D eigenvalue weighted by Gasteiger charge is 2.35. The van der Waals surface area contributed by atoms with Gasteiger partial charge < -0.3 is 13.9 Å². The predicted molar refractivity (Wildman–Crippen MR) is 157 cm³/mol. The molecule has 2 aromatic carbocycles. The van der Waals surface area contributed by atoms with Gasteiger partial charge in [-0.2, -0.15) is 0 Å². The maximum atomic E-state index is 13.9. The van der Waals surface area contributed by atoms with Crippen LogP contribution in [0.25, 0.3) is 17.4 Å². The number of rotatable bonds is 7. The zero-order valence-electron chi connectivity index (χ0n) is 22.2. The molecule has 0 saturated heterocycles. The van der Waals surface area contributed by atoms with Gasteiger partial charge in [0.1, 0.15) is 23.3 Å². The van der Waals surface area contributed by atoms with Gasteiger partial charge in [0, 0.05) is 22.2 Å². The topological polar surface area (TPSA) is 83.0 Å². The van der Waals surface area contributed by atoms with E-state index in [1.807, 2.05) is 38.1 Å². The molecule has 0 aliphatic carbocycles. The Morgan fingerprint density at radius 3 is 2.70 bits per heavy atom. The fraction of sp³-hybridized carbons (Fsp3) is 0.233. The van der Waals surface area contributed by atoms with E-state index in [1.54, 1.807) is 50.3 Å². The van der Waals surface area contributed by atoms with E-state index in [2.05, 4.69) is 4.99 Å². The summed E-state index contributed by atoms with van der Waals surface area (Å²) in [5.74, 6) is 1.02. The molecule has 0 fully saturated rings. The number of benzene rings is 2. The fourth-order valence-electron chi connectivity index (χ4n) is 4.54. The lowest BCUT2D eigenvalue weighted by atomic mass is 9.95. The van der Waals surface area contributed by atoms with Crippen LogP contribution in [0.5, 0.6) is 5.75 Å². The number of furan rings is 1. The number of esters is 1. The Morgan fingerprint density at radius 2 is 1.95 bits per heavy atom. The van der Waals surface area contributed by atoms with Gasteiger partial charge in [0.05, 0.1) is 33.5 Å². The number of thiazole rings is 1. The second-order valence-electron chi connectivity index (χ2n) is 9.33. The molecule has 3 heterocycles. The summed E-state index contributed by atoms with van der Waals surface area (Å²) in [6.45, 7) is 7.51. The summed E-state index contributed by atoms with van der Waals surface area (Å²) in [6, 6.07) is 15.2. The molecule has 0 spiro atoms. The molecule has 10 heteroatoms. The van der Waals surface area contributed by atoms with Crippen LogP contribution in [-0.2, 0) is 9.53 Å². The molecular formula is C30H26Cl2N2O5S. The van der Waals surface area contributed by atoms with Gasteiger partial charge in [-0.1, -0.05) is 52.7 Å². The number of hydrogen-bond acceptors (Lipinski definition) is 7. The molecule has 0 saturated carbocycles. The number of aromatic nitrogens is 1. The monoisotopic (exact) mass is 596 g/mol. The average molecular weight is 598 g/mol. The predicted octanol–water partition coefficient (Wildman–Crippen LogP) is 6.15. The van der Waals surface area contributed by atoms with E-state index < -0.39 is 12.0 Å². The fourth-order valence-corrected chi connectivity index (χ4v) is 5.95. The molecule has 2 aromatic heterocycles. The summed E-state index contributed by atoms with van der Waals surface area (Å²) in [5.41, 5.74) is 1.76. The standard InChI is InChI=1S/C30H26Cl2N2O5S/c1-5-37-29(36)26-17(4)33-30-34(27(26)20-8-6-7-9-23(20)38-16(2)3)28(35)25(40-30)15-19-11-13-24(39-19)21-14-18(31)10-12-22(21)32/h6-16,27H,5H2,1-4H3/b25-15+/t27-/m0/s1. The van der Waals surface area contributed by atoms with Gasteiger partial charge in [-0.15, -0.1) is 0 Å². The largest absolute Gasteiger partial charge is 0.491 e. The molecule has 0 unspecified atom stereocenters. The van der Waals surface area contributed by atoms with Crippen LogP contribution in [0.4, 0.5) is 0 Å². The Balaban J connectivity index is 1.67. The number of halogens is 2. The highest BCUT2D eigenvalue weighted by molar-refractivity contribution is 7.07. The second-order valence-corrected chi connectivity index (χ2v) is 11.2. The van der Waals surface area contributed by atoms with Crippen molar-refractivity contribution in [3.05, 3.63) is 107 Å². The van der Waals surface area contributed by atoms with Crippen molar-refractivity contribution in [2.24, 2.45) is 4.99 Å². The minimum Gasteiger partial charge on any atom is -0.491 e. The first-order valence-corrected chi connectivity index (χ1v) is 14.3. The first kappa shape index (κ1) is 28.0. The van der Waals surface area contributed by atoms with Crippen LogP contribution in [0.15, 0.2) is 80.1 Å². The quantitative estimate of drug-likeness (QED) is 0.239. The molecule has 0 bridgehead atoms. The molecule has 1 atom stereocenters. The molecule has 4 aromatic rings. The van der Waals surface area contributed by atoms with Gasteiger partial charge in [-0.3, -0.25) is 9.36 Å². The smallest absolute Gasteiger partial charge is 0.338 e. The molecule has 1 aliphatic rings. The lowest BCUT2D eigenvalue weighted by molar-refractivity contribution is -0.139. The third-order valence-corrected chi connectivity index (χ3v) is 7.73. The van der Waals surface area contributed by atoms with Gasteiger partial charge in [0.15, 0.2) is 4.80 Å². The maximum Gasteiger partial charge on any atom is 0.338 e. The molecular weight excluding hydrogens is 571 g/mol. The van der Waals surface area contributed by atoms with E-state index >= 15 is 0 Å². The first-order valence-electron chi connectivity index (χ1n) is 12.7. The molecule has 206 valence electrons. The van der Waals surface area contributed by atoms with E-state index in [1.165, 1.54) is 15.9 Å². The Hall–Kier alpha value is -3.59. The molecule has 0 amide bonds. The summed E-state index contributed by atoms with van der Waals surface area (Å²) in [5, 5.41) is 1.02. The van der Waals surface area contributed by atoms with Crippen molar-refractivity contribution in [3.63, 3.8) is 0 Å². The van der Waals surface area contributed by atoms with E-state index in [0.717, 1.165) is 0 Å². The van der Waals surface area contributed by atoms with Crippen LogP contribution in [-0.4, -0.2) is 23.2 Å². The lowest BCUT2D eigenvalue weighted by Gasteiger charge is -2.26. The average Bonchev–Trinajstić information content (AvgIpc) is 3.49. The van der Waals surface area contributed by atoms with Gasteiger partial charge in [0.25, 0.3) is 5.56 Å². The van der Waals surface area contributed by atoms with Crippen molar-refractivity contribution in [2.45, 2.75) is 39.8 Å². The molecule has 40 heavy (non-hydrogen) atoms. The van der Waals surface area contributed by atoms with E-state index in [0.29, 0.717) is 53.5 Å². The molecule has 1 aliphatic heterocycles. The van der Waals surface area contributed by atoms with E-state index in [9.17, 15) is 9.59 Å². The van der Waals surface area contributed by atoms with Crippen molar-refractivity contribution < 1.29 is 18.7 Å². The van der Waals surface area contributed by atoms with Gasteiger partial charge in [-0.25, -0.2) is 9.79 Å². The maximum absolute atomic E-state index is 13.9. The molecule has 7 nitrogen and oxygen atoms in total. The Morgan fingerprint density at radius 1 is 1.18 bits per heavy atom. The van der Waals surface area contributed by atoms with Gasteiger partial charge >= 0.3 is 5.97 Å². The SMILES string of the molecule is CCOC(=O)C1=C(C)N=c2s/c(=C/c3ccc(-c4cc(Cl)ccc4Cl)o3)c(=O)n2[C@H]1c1ccccc1OC(C)C. The zero-order valence-corrected chi connectivity index (χ0v) is 24.6. The van der Waals surface area contributed by atoms with Crippen LogP contribution in [0.2, 0.25) is 10.0 Å². The first-order chi connectivity index (χ1) is 19.2. The molecule has 0 radical (unpaired) electrons. The van der Waals surface area contributed by atoms with E-state index in [-0.39, 0.29) is 23.8 Å². The normalized spacial score (nSPS) is 15.3. The summed E-state index contributed by atoms with van der Waals surface area (Å²) in [6.07, 6.45) is 1.54. The van der Waals surface area contributed by atoms with Crippen LogP contribution in [0.3, 0.4) is 0 Å². The number of nitrogens with zero attached hydrogens (tertiary/aromatic N) is 2. The summed E-state index contributed by atoms with van der Waals surface area (Å²) in [4.78, 5) is 32.2. The van der Waals surface area contributed by atoms with Crippen molar-refractivity contribution in [3.8, 4) is 17.1 Å². The minimum absolute atomic E-state index is 0.116. The molecule has 5 rings (SSSR count). The Bertz CT molecular complexity index is 1820. The molecule has 0 N–H and O–H groups in total. The Labute approximate surface area is 244 Å². The van der Waals surface area contributed by atoms with Crippen LogP contribution < -0.4 is 19.6 Å². The highest BCUT2D eigenvalue weighted by Crippen LogP contribution is 2.36. The van der Waals surface area contributed by atoms with Crippen molar-refractivity contribution in [1.82, 2.24) is 4.57 Å². The minimum atomic E-state index is -0.787. The van der Waals surface area contributed by atoms with Crippen molar-refractivity contribution >= 4 is 46.6 Å². The Kier molecular flexibility index (Phi) is 8.03. The second kappa shape index (κ2) is 11.5. The number of ether oxygens (including phenoxy) is 2. The van der Waals surface area contributed by atoms with E-state index in [4.69, 9.17) is 37.1 Å². The van der Waals surface area contributed by atoms with Gasteiger partial charge in [-0.05, 0) is 64.1 Å². The zero-order chi connectivity index (χ0) is 28.6.